The minimum absolute atomic E-state index is 0.00112. The molecular formula is C26H37NO3S. The fourth-order valence-electron chi connectivity index (χ4n) is 4.72. The van der Waals surface area contributed by atoms with Gasteiger partial charge >= 0.3 is 5.97 Å². The molecule has 2 aliphatic carbocycles. The lowest BCUT2D eigenvalue weighted by Gasteiger charge is -2.39. The summed E-state index contributed by atoms with van der Waals surface area (Å²) >= 11 is 1.20. The third-order valence-corrected chi connectivity index (χ3v) is 7.71. The van der Waals surface area contributed by atoms with Gasteiger partial charge in [0, 0.05) is 17.4 Å². The number of rotatable bonds is 4. The van der Waals surface area contributed by atoms with Crippen LogP contribution in [0.2, 0.25) is 0 Å². The molecule has 2 fully saturated rings. The molecule has 0 radical (unpaired) electrons. The van der Waals surface area contributed by atoms with Crippen molar-refractivity contribution in [1.29, 1.82) is 0 Å². The van der Waals surface area contributed by atoms with Crippen molar-refractivity contribution in [2.75, 3.05) is 4.90 Å². The van der Waals surface area contributed by atoms with Crippen LogP contribution in [-0.4, -0.2) is 23.0 Å². The van der Waals surface area contributed by atoms with Crippen LogP contribution in [0.4, 0.5) is 5.69 Å². The minimum atomic E-state index is -0.969. The molecule has 5 heteroatoms. The maximum atomic E-state index is 13.8. The Hall–Kier alpha value is -1.80. The molecule has 0 atom stereocenters. The lowest BCUT2D eigenvalue weighted by atomic mass is 9.81. The van der Waals surface area contributed by atoms with E-state index in [0.29, 0.717) is 17.5 Å². The van der Waals surface area contributed by atoms with E-state index < -0.39 is 5.97 Å². The van der Waals surface area contributed by atoms with Gasteiger partial charge in [-0.15, -0.1) is 11.3 Å². The molecule has 1 N–H and O–H groups in total. The van der Waals surface area contributed by atoms with Crippen LogP contribution in [0, 0.1) is 35.0 Å². The molecule has 1 aromatic heterocycles. The van der Waals surface area contributed by atoms with Crippen LogP contribution in [0.25, 0.3) is 0 Å². The molecule has 1 aromatic rings. The third-order valence-electron chi connectivity index (χ3n) is 6.68. The predicted molar refractivity (Wildman–Crippen MR) is 128 cm³/mol. The third kappa shape index (κ3) is 6.13. The van der Waals surface area contributed by atoms with E-state index in [1.54, 1.807) is 0 Å². The summed E-state index contributed by atoms with van der Waals surface area (Å²) in [5, 5.41) is 9.95. The summed E-state index contributed by atoms with van der Waals surface area (Å²) in [6, 6.07) is 1.94. The average molecular weight is 444 g/mol. The average Bonchev–Trinajstić information content (AvgIpc) is 3.12. The Morgan fingerprint density at radius 1 is 1.00 bits per heavy atom. The molecule has 170 valence electrons. The van der Waals surface area contributed by atoms with Gasteiger partial charge in [-0.25, -0.2) is 4.79 Å². The summed E-state index contributed by atoms with van der Waals surface area (Å²) in [4.78, 5) is 28.8. The van der Waals surface area contributed by atoms with Gasteiger partial charge in [-0.3, -0.25) is 4.79 Å². The van der Waals surface area contributed by atoms with Gasteiger partial charge in [0.1, 0.15) is 4.88 Å². The van der Waals surface area contributed by atoms with Gasteiger partial charge in [-0.05, 0) is 90.0 Å². The summed E-state index contributed by atoms with van der Waals surface area (Å²) in [5.41, 5.74) is 0.403. The Kier molecular flexibility index (Phi) is 7.52. The topological polar surface area (TPSA) is 57.6 Å². The highest BCUT2D eigenvalue weighted by atomic mass is 32.1. The van der Waals surface area contributed by atoms with Crippen molar-refractivity contribution in [3.8, 4) is 11.8 Å². The van der Waals surface area contributed by atoms with Crippen molar-refractivity contribution in [3.05, 3.63) is 15.8 Å². The number of nitrogens with zero attached hydrogens (tertiary/aromatic N) is 1. The van der Waals surface area contributed by atoms with Crippen molar-refractivity contribution in [2.45, 2.75) is 92.0 Å². The van der Waals surface area contributed by atoms with Crippen LogP contribution < -0.4 is 4.90 Å². The smallest absolute Gasteiger partial charge is 0.348 e. The van der Waals surface area contributed by atoms with E-state index in [1.165, 1.54) is 11.3 Å². The van der Waals surface area contributed by atoms with Gasteiger partial charge in [0.15, 0.2) is 0 Å². The van der Waals surface area contributed by atoms with Crippen LogP contribution in [0.5, 0.6) is 0 Å². The highest BCUT2D eigenvalue weighted by Gasteiger charge is 2.37. The number of carboxylic acids is 1. The number of amides is 1. The molecule has 0 unspecified atom stereocenters. The number of carbonyl (C=O) groups is 2. The lowest BCUT2D eigenvalue weighted by molar-refractivity contribution is -0.124. The molecule has 0 spiro atoms. The number of hydrogen-bond donors (Lipinski definition) is 1. The van der Waals surface area contributed by atoms with Gasteiger partial charge in [0.25, 0.3) is 0 Å². The Morgan fingerprint density at radius 2 is 1.55 bits per heavy atom. The van der Waals surface area contributed by atoms with Gasteiger partial charge in [0.05, 0.1) is 10.6 Å². The van der Waals surface area contributed by atoms with Crippen molar-refractivity contribution in [3.63, 3.8) is 0 Å². The SMILES string of the molecule is CC1CCC(C(=O)N(c2cc(C#CC(C)(C)C)sc2C(=O)O)C2CCC(C)CC2)CC1. The Labute approximate surface area is 191 Å². The van der Waals surface area contributed by atoms with E-state index in [0.717, 1.165) is 56.2 Å². The first-order valence-corrected chi connectivity index (χ1v) is 12.6. The molecule has 2 aliphatic rings. The zero-order valence-electron chi connectivity index (χ0n) is 19.7. The van der Waals surface area contributed by atoms with Crippen LogP contribution in [0.15, 0.2) is 6.07 Å². The summed E-state index contributed by atoms with van der Waals surface area (Å²) in [6.45, 7) is 10.6. The number of carbonyl (C=O) groups excluding carboxylic acids is 1. The zero-order valence-corrected chi connectivity index (χ0v) is 20.5. The highest BCUT2D eigenvalue weighted by molar-refractivity contribution is 7.15. The number of aromatic carboxylic acids is 1. The minimum Gasteiger partial charge on any atom is -0.477 e. The molecule has 3 rings (SSSR count). The van der Waals surface area contributed by atoms with Crippen LogP contribution in [0.3, 0.4) is 0 Å². The van der Waals surface area contributed by atoms with Crippen molar-refractivity contribution >= 4 is 28.9 Å². The molecule has 0 aromatic carbocycles. The molecule has 31 heavy (non-hydrogen) atoms. The Bertz CT molecular complexity index is 853. The Balaban J connectivity index is 1.99. The van der Waals surface area contributed by atoms with Gasteiger partial charge in [-0.2, -0.15) is 0 Å². The molecular weight excluding hydrogens is 406 g/mol. The van der Waals surface area contributed by atoms with Crippen molar-refractivity contribution in [2.24, 2.45) is 23.2 Å². The second-order valence-corrected chi connectivity index (χ2v) is 11.8. The van der Waals surface area contributed by atoms with Gasteiger partial charge < -0.3 is 10.0 Å². The molecule has 1 heterocycles. The highest BCUT2D eigenvalue weighted by Crippen LogP contribution is 2.39. The Morgan fingerprint density at radius 3 is 2.06 bits per heavy atom. The summed E-state index contributed by atoms with van der Waals surface area (Å²) < 4.78 is 0. The van der Waals surface area contributed by atoms with Gasteiger partial charge in [-0.1, -0.05) is 25.7 Å². The van der Waals surface area contributed by atoms with Crippen molar-refractivity contribution < 1.29 is 14.7 Å². The second kappa shape index (κ2) is 9.77. The summed E-state index contributed by atoms with van der Waals surface area (Å²) in [7, 11) is 0. The van der Waals surface area contributed by atoms with Gasteiger partial charge in [0.2, 0.25) is 5.91 Å². The fraction of sp³-hybridized carbons (Fsp3) is 0.692. The molecule has 0 saturated heterocycles. The van der Waals surface area contributed by atoms with E-state index in [2.05, 4.69) is 25.7 Å². The van der Waals surface area contributed by atoms with Crippen LogP contribution >= 0.6 is 11.3 Å². The number of carboxylic acid groups (broad SMARTS) is 1. The standard InChI is InChI=1S/C26H37NO3S/c1-17-6-10-19(11-7-17)24(28)27(20-12-8-18(2)9-13-20)22-16-21(14-15-26(3,4)5)31-23(22)25(29)30/h16-20H,6-13H2,1-5H3,(H,29,30). The number of anilines is 1. The molecule has 4 nitrogen and oxygen atoms in total. The number of thiophene rings is 1. The molecule has 0 bridgehead atoms. The fourth-order valence-corrected chi connectivity index (χ4v) is 5.57. The maximum absolute atomic E-state index is 13.8. The first-order chi connectivity index (χ1) is 14.5. The summed E-state index contributed by atoms with van der Waals surface area (Å²) in [5.74, 6) is 6.85. The van der Waals surface area contributed by atoms with E-state index in [4.69, 9.17) is 0 Å². The zero-order chi connectivity index (χ0) is 22.8. The van der Waals surface area contributed by atoms with Crippen LogP contribution in [0.1, 0.15) is 101 Å². The predicted octanol–water partition coefficient (Wildman–Crippen LogP) is 6.58. The van der Waals surface area contributed by atoms with Crippen LogP contribution in [-0.2, 0) is 4.79 Å². The monoisotopic (exact) mass is 443 g/mol. The normalized spacial score (nSPS) is 26.6. The summed E-state index contributed by atoms with van der Waals surface area (Å²) in [6.07, 6.45) is 8.00. The van der Waals surface area contributed by atoms with E-state index >= 15 is 0 Å². The maximum Gasteiger partial charge on any atom is 0.348 e. The largest absolute Gasteiger partial charge is 0.477 e. The van der Waals surface area contributed by atoms with E-state index in [1.807, 2.05) is 31.7 Å². The first kappa shape index (κ1) is 23.9. The lowest BCUT2D eigenvalue weighted by Crippen LogP contribution is -2.46. The number of hydrogen-bond acceptors (Lipinski definition) is 3. The van der Waals surface area contributed by atoms with E-state index in [-0.39, 0.29) is 28.2 Å². The molecule has 0 aliphatic heterocycles. The quantitative estimate of drug-likeness (QED) is 0.535. The second-order valence-electron chi connectivity index (χ2n) is 10.7. The molecule has 2 saturated carbocycles. The molecule has 1 amide bonds. The van der Waals surface area contributed by atoms with Crippen molar-refractivity contribution in [1.82, 2.24) is 0 Å². The van der Waals surface area contributed by atoms with E-state index in [9.17, 15) is 14.7 Å². The first-order valence-electron chi connectivity index (χ1n) is 11.8.